The molecule has 1 rings (SSSR count). The van der Waals surface area contributed by atoms with Crippen molar-refractivity contribution in [3.05, 3.63) is 29.3 Å². The molecule has 0 aliphatic rings. The van der Waals surface area contributed by atoms with E-state index in [4.69, 9.17) is 11.6 Å². The maximum atomic E-state index is 5.66. The normalized spacial score (nSPS) is 9.38. The van der Waals surface area contributed by atoms with Gasteiger partial charge in [0.1, 0.15) is 0 Å². The van der Waals surface area contributed by atoms with Crippen LogP contribution in [0.1, 0.15) is 0 Å². The summed E-state index contributed by atoms with van der Waals surface area (Å²) in [6, 6.07) is 7.88. The Labute approximate surface area is 66.9 Å². The fraction of sp³-hybridized carbons (Fsp3) is 0. The van der Waals surface area contributed by atoms with Crippen LogP contribution in [0.2, 0.25) is 5.02 Å². The van der Waals surface area contributed by atoms with Crippen LogP contribution in [-0.4, -0.2) is 22.5 Å². The number of halogens is 1. The van der Waals surface area contributed by atoms with Crippen molar-refractivity contribution in [1.29, 1.82) is 0 Å². The Balaban J connectivity index is 3.08. The monoisotopic (exact) mass is 231 g/mol. The van der Waals surface area contributed by atoms with Crippen molar-refractivity contribution in [1.82, 2.24) is 0 Å². The molecule has 0 N–H and O–H groups in total. The molecule has 0 bridgehead atoms. The second-order valence-corrected chi connectivity index (χ2v) is 3.59. The van der Waals surface area contributed by atoms with Crippen molar-refractivity contribution in [2.75, 3.05) is 0 Å². The molecule has 0 aliphatic carbocycles. The van der Waals surface area contributed by atoms with E-state index < -0.39 is 0 Å². The van der Waals surface area contributed by atoms with Gasteiger partial charge in [-0.1, -0.05) is 0 Å². The quantitative estimate of drug-likeness (QED) is 0.586. The van der Waals surface area contributed by atoms with Crippen molar-refractivity contribution < 1.29 is 0 Å². The summed E-state index contributed by atoms with van der Waals surface area (Å²) in [6.07, 6.45) is 0. The molecule has 0 radical (unpaired) electrons. The number of hydrogen-bond acceptors (Lipinski definition) is 0. The Bertz CT molecular complexity index is 168. The molecule has 0 saturated heterocycles. The predicted molar refractivity (Wildman–Crippen MR) is 36.8 cm³/mol. The molecule has 0 heterocycles. The van der Waals surface area contributed by atoms with Crippen molar-refractivity contribution in [3.63, 3.8) is 0 Å². The van der Waals surface area contributed by atoms with Crippen LogP contribution in [0.3, 0.4) is 0 Å². The Hall–Kier alpha value is 0.309. The third-order valence-electron chi connectivity index (χ3n) is 0.825. The van der Waals surface area contributed by atoms with E-state index in [9.17, 15) is 0 Å². The van der Waals surface area contributed by atoms with Gasteiger partial charge in [-0.2, -0.15) is 0 Å². The number of benzene rings is 1. The Kier molecular flexibility index (Phi) is 2.20. The summed E-state index contributed by atoms with van der Waals surface area (Å²) in [5.74, 6) is 0. The van der Waals surface area contributed by atoms with Gasteiger partial charge >= 0.3 is 67.0 Å². The van der Waals surface area contributed by atoms with E-state index in [-0.39, 0.29) is 0 Å². The van der Waals surface area contributed by atoms with Crippen LogP contribution in [-0.2, 0) is 0 Å². The topological polar surface area (TPSA) is 0 Å². The van der Waals surface area contributed by atoms with Gasteiger partial charge in [0.05, 0.1) is 0 Å². The van der Waals surface area contributed by atoms with Crippen LogP contribution in [0.25, 0.3) is 0 Å². The fourth-order valence-electron chi connectivity index (χ4n) is 0.488. The van der Waals surface area contributed by atoms with Gasteiger partial charge in [-0.25, -0.2) is 0 Å². The van der Waals surface area contributed by atoms with Crippen LogP contribution in [0, 0.1) is 0 Å². The van der Waals surface area contributed by atoms with Crippen molar-refractivity contribution >= 4 is 37.7 Å². The van der Waals surface area contributed by atoms with Gasteiger partial charge in [-0.05, 0) is 0 Å². The zero-order valence-corrected chi connectivity index (χ0v) is 7.80. The molecule has 1 aromatic rings. The van der Waals surface area contributed by atoms with E-state index in [0.717, 1.165) is 5.02 Å². The van der Waals surface area contributed by atoms with Gasteiger partial charge < -0.3 is 0 Å². The second-order valence-electron chi connectivity index (χ2n) is 1.51. The van der Waals surface area contributed by atoms with E-state index in [1.165, 1.54) is 26.1 Å². The second kappa shape index (κ2) is 2.74. The van der Waals surface area contributed by atoms with Crippen LogP contribution in [0.5, 0.6) is 0 Å². The van der Waals surface area contributed by atoms with Crippen LogP contribution in [0.4, 0.5) is 0 Å². The molecule has 1 aromatic carbocycles. The zero-order chi connectivity index (χ0) is 5.98. The first-order valence-electron chi connectivity index (χ1n) is 2.26. The fourth-order valence-corrected chi connectivity index (χ4v) is 1.66. The minimum absolute atomic E-state index is 0.833. The minimum atomic E-state index is 0.833. The summed E-state index contributed by atoms with van der Waals surface area (Å²) in [7, 11) is 0. The van der Waals surface area contributed by atoms with Crippen LogP contribution >= 0.6 is 11.6 Å². The third-order valence-corrected chi connectivity index (χ3v) is 1.95. The molecular weight excluding hydrogens is 226 g/mol. The summed E-state index contributed by atoms with van der Waals surface area (Å²) >= 11 is 7.08. The molecule has 0 aliphatic heterocycles. The molecule has 8 heavy (non-hydrogen) atoms. The first-order chi connectivity index (χ1) is 3.79. The molecule has 0 amide bonds. The van der Waals surface area contributed by atoms with Crippen molar-refractivity contribution in [2.24, 2.45) is 0 Å². The summed E-state index contributed by atoms with van der Waals surface area (Å²) in [5, 5.41) is 0.833. The maximum absolute atomic E-state index is 5.66. The molecule has 0 unspecified atom stereocenters. The average molecular weight is 230 g/mol. The molecule has 0 saturated carbocycles. The number of rotatable bonds is 0. The van der Waals surface area contributed by atoms with E-state index in [0.29, 0.717) is 0 Å². The molecule has 0 nitrogen and oxygen atoms in total. The van der Waals surface area contributed by atoms with Gasteiger partial charge in [0.15, 0.2) is 0 Å². The summed E-state index contributed by atoms with van der Waals surface area (Å²) in [4.78, 5) is 0. The van der Waals surface area contributed by atoms with Gasteiger partial charge in [-0.15, -0.1) is 0 Å². The van der Waals surface area contributed by atoms with Crippen molar-refractivity contribution in [2.45, 2.75) is 0 Å². The van der Waals surface area contributed by atoms with Gasteiger partial charge in [0.2, 0.25) is 0 Å². The van der Waals surface area contributed by atoms with Crippen LogP contribution < -0.4 is 3.58 Å². The van der Waals surface area contributed by atoms with Gasteiger partial charge in [-0.3, -0.25) is 0 Å². The molecular formula is C6H4ClSn+3. The SMILES string of the molecule is Clc1ccc[c]([Sn+3])c1. The summed E-state index contributed by atoms with van der Waals surface area (Å²) < 4.78 is 1.30. The first-order valence-corrected chi connectivity index (χ1v) is 4.07. The van der Waals surface area contributed by atoms with E-state index in [1.807, 2.05) is 18.2 Å². The van der Waals surface area contributed by atoms with E-state index >= 15 is 0 Å². The molecule has 0 atom stereocenters. The molecule has 0 spiro atoms. The van der Waals surface area contributed by atoms with E-state index in [1.54, 1.807) is 0 Å². The standard InChI is InChI=1S/C6H4Cl.Sn/c7-6-4-2-1-3-5-6;/h1-2,4-5H;/q;+3. The predicted octanol–water partition coefficient (Wildman–Crippen LogP) is 1.13. The van der Waals surface area contributed by atoms with Gasteiger partial charge in [0, 0.05) is 0 Å². The first kappa shape index (κ1) is 6.43. The Morgan fingerprint density at radius 2 is 2.12 bits per heavy atom. The molecule has 0 aromatic heterocycles. The van der Waals surface area contributed by atoms with E-state index in [2.05, 4.69) is 6.07 Å². The number of hydrogen-bond donors (Lipinski definition) is 0. The molecule has 36 valence electrons. The summed E-state index contributed by atoms with van der Waals surface area (Å²) in [5.41, 5.74) is 0. The van der Waals surface area contributed by atoms with Crippen molar-refractivity contribution in [3.8, 4) is 0 Å². The summed E-state index contributed by atoms with van der Waals surface area (Å²) in [6.45, 7) is 0. The molecule has 2 heteroatoms. The third kappa shape index (κ3) is 1.67. The zero-order valence-electron chi connectivity index (χ0n) is 4.19. The van der Waals surface area contributed by atoms with Gasteiger partial charge in [0.25, 0.3) is 0 Å². The Morgan fingerprint density at radius 3 is 2.50 bits per heavy atom. The molecule has 0 fully saturated rings. The average Bonchev–Trinajstić information content (AvgIpc) is 1.64. The van der Waals surface area contributed by atoms with Crippen LogP contribution in [0.15, 0.2) is 24.3 Å². The Morgan fingerprint density at radius 1 is 1.38 bits per heavy atom.